The molecule has 0 atom stereocenters. The summed E-state index contributed by atoms with van der Waals surface area (Å²) in [5.74, 6) is 0. The smallest absolute Gasteiger partial charge is 0.180 e. The summed E-state index contributed by atoms with van der Waals surface area (Å²) in [5.41, 5.74) is 4.91. The Morgan fingerprint density at radius 2 is 1.60 bits per heavy atom. The predicted molar refractivity (Wildman–Crippen MR) is 98.4 cm³/mol. The monoisotopic (exact) mass is 327 g/mol. The van der Waals surface area contributed by atoms with Crippen molar-refractivity contribution in [2.75, 3.05) is 0 Å². The molecule has 0 saturated carbocycles. The van der Waals surface area contributed by atoms with Crippen LogP contribution in [-0.4, -0.2) is 19.7 Å². The molecule has 0 saturated heterocycles. The van der Waals surface area contributed by atoms with Crippen LogP contribution in [0.4, 0.5) is 5.69 Å². The van der Waals surface area contributed by atoms with Gasteiger partial charge in [0.2, 0.25) is 0 Å². The first-order valence-corrected chi connectivity index (χ1v) is 7.96. The van der Waals surface area contributed by atoms with Crippen molar-refractivity contribution in [3.63, 3.8) is 0 Å². The largest absolute Gasteiger partial charge is 0.294 e. The number of benzene rings is 2. The van der Waals surface area contributed by atoms with Gasteiger partial charge < -0.3 is 0 Å². The lowest BCUT2D eigenvalue weighted by Crippen LogP contribution is -1.97. The molecule has 0 aliphatic heterocycles. The lowest BCUT2D eigenvalue weighted by atomic mass is 10.2. The van der Waals surface area contributed by atoms with E-state index in [4.69, 9.17) is 9.97 Å². The number of aromatic nitrogens is 4. The quantitative estimate of drug-likeness (QED) is 0.475. The maximum absolute atomic E-state index is 11.4. The van der Waals surface area contributed by atoms with Crippen LogP contribution < -0.4 is 0 Å². The van der Waals surface area contributed by atoms with Gasteiger partial charge in [-0.25, -0.2) is 14.6 Å². The van der Waals surface area contributed by atoms with Gasteiger partial charge in [-0.2, -0.15) is 0 Å². The summed E-state index contributed by atoms with van der Waals surface area (Å²) in [6.07, 6.45) is 0. The minimum absolute atomic E-state index is 0.354. The molecule has 0 unspecified atom stereocenters. The van der Waals surface area contributed by atoms with Gasteiger partial charge in [0, 0.05) is 10.8 Å². The van der Waals surface area contributed by atoms with Crippen molar-refractivity contribution in [2.24, 2.45) is 5.18 Å². The van der Waals surface area contributed by atoms with Crippen LogP contribution >= 0.6 is 0 Å². The van der Waals surface area contributed by atoms with Crippen molar-refractivity contribution >= 4 is 38.7 Å². The molecule has 5 rings (SSSR count). The zero-order valence-electron chi connectivity index (χ0n) is 13.4. The van der Waals surface area contributed by atoms with Gasteiger partial charge in [0.1, 0.15) is 22.2 Å². The van der Waals surface area contributed by atoms with E-state index < -0.39 is 0 Å². The van der Waals surface area contributed by atoms with Crippen LogP contribution in [0.3, 0.4) is 0 Å². The Hall–Kier alpha value is -3.54. The van der Waals surface area contributed by atoms with E-state index in [2.05, 4.69) is 10.3 Å². The zero-order chi connectivity index (χ0) is 17.0. The van der Waals surface area contributed by atoms with E-state index in [1.165, 1.54) is 0 Å². The summed E-state index contributed by atoms with van der Waals surface area (Å²) in [6, 6.07) is 17.6. The van der Waals surface area contributed by atoms with Gasteiger partial charge in [0.15, 0.2) is 5.65 Å². The first-order chi connectivity index (χ1) is 12.3. The summed E-state index contributed by atoms with van der Waals surface area (Å²) < 4.78 is 1.91. The van der Waals surface area contributed by atoms with Gasteiger partial charge >= 0.3 is 0 Å². The Bertz CT molecular complexity index is 1270. The van der Waals surface area contributed by atoms with Gasteiger partial charge in [-0.3, -0.25) is 5.10 Å². The predicted octanol–water partition coefficient (Wildman–Crippen LogP) is 4.76. The van der Waals surface area contributed by atoms with E-state index in [1.54, 1.807) is 0 Å². The van der Waals surface area contributed by atoms with Gasteiger partial charge in [-0.15, -0.1) is 4.91 Å². The number of fused-ring (bicyclic) bond motifs is 4. The van der Waals surface area contributed by atoms with Crippen LogP contribution in [0, 0.1) is 11.8 Å². The molecule has 0 bridgehead atoms. The Morgan fingerprint density at radius 3 is 2.36 bits per heavy atom. The van der Waals surface area contributed by atoms with E-state index in [1.807, 2.05) is 66.2 Å². The van der Waals surface area contributed by atoms with Crippen molar-refractivity contribution in [1.82, 2.24) is 19.7 Å². The fourth-order valence-electron chi connectivity index (χ4n) is 3.34. The molecular formula is C19H13N5O. The number of aromatic amines is 1. The lowest BCUT2D eigenvalue weighted by molar-refractivity contribution is 0.879. The summed E-state index contributed by atoms with van der Waals surface area (Å²) in [6.45, 7) is 1.94. The molecule has 0 radical (unpaired) electrons. The Morgan fingerprint density at radius 1 is 0.880 bits per heavy atom. The summed E-state index contributed by atoms with van der Waals surface area (Å²) in [4.78, 5) is 21.0. The number of para-hydroxylation sites is 1. The van der Waals surface area contributed by atoms with Crippen molar-refractivity contribution in [3.8, 4) is 5.69 Å². The minimum atomic E-state index is 0.354. The number of H-pyrrole nitrogens is 1. The zero-order valence-corrected chi connectivity index (χ0v) is 13.4. The first kappa shape index (κ1) is 13.9. The molecule has 6 heteroatoms. The van der Waals surface area contributed by atoms with Crippen molar-refractivity contribution < 1.29 is 0 Å². The standard InChI is InChI=1S/C19H13N5O/c1-11-15-19(24(22-11)12-7-3-2-4-8-12)21-16-13-9-5-6-10-14(13)17(23-25)18(16)20-15/h2-10,22H,1H3. The SMILES string of the molecule is Cc1[nH]n(-c2ccccc2)c2nc3c(nc12)c(N=O)c1ccccc13. The number of hydrogen-bond donors (Lipinski definition) is 1. The van der Waals surface area contributed by atoms with Gasteiger partial charge in [-0.05, 0) is 24.2 Å². The first-order valence-electron chi connectivity index (χ1n) is 7.96. The molecule has 3 aromatic carbocycles. The molecule has 6 nitrogen and oxygen atoms in total. The molecular weight excluding hydrogens is 314 g/mol. The van der Waals surface area contributed by atoms with Crippen molar-refractivity contribution in [1.29, 1.82) is 0 Å². The van der Waals surface area contributed by atoms with E-state index in [-0.39, 0.29) is 0 Å². The van der Waals surface area contributed by atoms with Crippen LogP contribution in [0.15, 0.2) is 59.8 Å². The third-order valence-electron chi connectivity index (χ3n) is 4.49. The number of aryl methyl sites for hydroxylation is 1. The van der Waals surface area contributed by atoms with E-state index in [0.717, 1.165) is 33.3 Å². The highest BCUT2D eigenvalue weighted by Gasteiger charge is 2.19. The topological polar surface area (TPSA) is 75.9 Å². The molecule has 120 valence electrons. The maximum Gasteiger partial charge on any atom is 0.180 e. The maximum atomic E-state index is 11.4. The van der Waals surface area contributed by atoms with Crippen LogP contribution in [-0.2, 0) is 0 Å². The van der Waals surface area contributed by atoms with E-state index >= 15 is 0 Å². The molecule has 1 N–H and O–H groups in total. The average Bonchev–Trinajstić information content (AvgIpc) is 3.15. The third kappa shape index (κ3) is 1.85. The number of nitrogens with one attached hydrogen (secondary N) is 1. The molecule has 0 aliphatic carbocycles. The minimum Gasteiger partial charge on any atom is -0.294 e. The normalized spacial score (nSPS) is 11.6. The number of nitrogens with zero attached hydrogens (tertiary/aromatic N) is 4. The molecule has 25 heavy (non-hydrogen) atoms. The number of hydrogen-bond acceptors (Lipinski definition) is 4. The fraction of sp³-hybridized carbons (Fsp3) is 0.0526. The van der Waals surface area contributed by atoms with Gasteiger partial charge in [0.05, 0.1) is 11.4 Å². The summed E-state index contributed by atoms with van der Waals surface area (Å²) >= 11 is 0. The lowest BCUT2D eigenvalue weighted by Gasteiger charge is -2.03. The fourth-order valence-corrected chi connectivity index (χ4v) is 3.34. The molecule has 0 aliphatic rings. The third-order valence-corrected chi connectivity index (χ3v) is 4.49. The van der Waals surface area contributed by atoms with Crippen LogP contribution in [0.5, 0.6) is 0 Å². The van der Waals surface area contributed by atoms with Crippen LogP contribution in [0.1, 0.15) is 5.69 Å². The Balaban J connectivity index is 1.96. The molecule has 0 fully saturated rings. The van der Waals surface area contributed by atoms with Crippen molar-refractivity contribution in [3.05, 3.63) is 65.2 Å². The van der Waals surface area contributed by atoms with E-state index in [9.17, 15) is 4.91 Å². The Kier molecular flexibility index (Phi) is 2.76. The second-order valence-corrected chi connectivity index (χ2v) is 5.99. The molecule has 0 spiro atoms. The van der Waals surface area contributed by atoms with Crippen LogP contribution in [0.25, 0.3) is 38.7 Å². The average molecular weight is 327 g/mol. The highest BCUT2D eigenvalue weighted by Crippen LogP contribution is 2.38. The highest BCUT2D eigenvalue weighted by molar-refractivity contribution is 6.19. The Labute approximate surface area is 142 Å². The second kappa shape index (κ2) is 4.98. The van der Waals surface area contributed by atoms with Gasteiger partial charge in [0.25, 0.3) is 0 Å². The summed E-state index contributed by atoms with van der Waals surface area (Å²) in [7, 11) is 0. The van der Waals surface area contributed by atoms with Crippen molar-refractivity contribution in [2.45, 2.75) is 6.92 Å². The van der Waals surface area contributed by atoms with Gasteiger partial charge in [-0.1, -0.05) is 42.5 Å². The molecule has 2 heterocycles. The van der Waals surface area contributed by atoms with E-state index in [0.29, 0.717) is 16.7 Å². The molecule has 2 aromatic heterocycles. The van der Waals surface area contributed by atoms with Crippen LogP contribution in [0.2, 0.25) is 0 Å². The molecule has 5 aromatic rings. The number of nitroso groups, excluding NO2 is 1. The second-order valence-electron chi connectivity index (χ2n) is 5.99. The summed E-state index contributed by atoms with van der Waals surface area (Å²) in [5, 5.41) is 8.19. The molecule has 0 amide bonds. The number of rotatable bonds is 2. The highest BCUT2D eigenvalue weighted by atomic mass is 16.3.